The summed E-state index contributed by atoms with van der Waals surface area (Å²) >= 11 is 5.69. The van der Waals surface area contributed by atoms with E-state index in [4.69, 9.17) is 17.3 Å². The van der Waals surface area contributed by atoms with Crippen LogP contribution in [-0.4, -0.2) is 6.04 Å². The Kier molecular flexibility index (Phi) is 4.33. The van der Waals surface area contributed by atoms with Crippen LogP contribution in [0, 0.1) is 11.7 Å². The Morgan fingerprint density at radius 3 is 2.67 bits per heavy atom. The minimum atomic E-state index is -0.427. The molecular formula is C14H20ClFN2. The van der Waals surface area contributed by atoms with Gasteiger partial charge in [-0.05, 0) is 31.7 Å². The second-order valence-corrected chi connectivity index (χ2v) is 5.59. The largest absolute Gasteiger partial charge is 0.397 e. The van der Waals surface area contributed by atoms with Crippen LogP contribution in [0.15, 0.2) is 12.1 Å². The van der Waals surface area contributed by atoms with Gasteiger partial charge in [0.15, 0.2) is 0 Å². The lowest BCUT2D eigenvalue weighted by Crippen LogP contribution is -2.28. The van der Waals surface area contributed by atoms with Gasteiger partial charge in [0, 0.05) is 12.1 Å². The predicted octanol–water partition coefficient (Wildman–Crippen LogP) is 4.44. The third-order valence-corrected chi connectivity index (χ3v) is 4.12. The van der Waals surface area contributed by atoms with Gasteiger partial charge in [-0.3, -0.25) is 0 Å². The molecule has 0 aliphatic heterocycles. The van der Waals surface area contributed by atoms with Crippen molar-refractivity contribution in [3.05, 3.63) is 23.0 Å². The molecule has 1 unspecified atom stereocenters. The van der Waals surface area contributed by atoms with Crippen molar-refractivity contribution in [1.29, 1.82) is 0 Å². The Morgan fingerprint density at radius 1 is 1.33 bits per heavy atom. The molecule has 0 spiro atoms. The van der Waals surface area contributed by atoms with E-state index in [-0.39, 0.29) is 5.02 Å². The summed E-state index contributed by atoms with van der Waals surface area (Å²) in [7, 11) is 0. The highest BCUT2D eigenvalue weighted by atomic mass is 35.5. The van der Waals surface area contributed by atoms with E-state index < -0.39 is 5.82 Å². The lowest BCUT2D eigenvalue weighted by molar-refractivity contribution is 0.328. The molecule has 2 nitrogen and oxygen atoms in total. The van der Waals surface area contributed by atoms with Crippen LogP contribution >= 0.6 is 11.6 Å². The number of anilines is 2. The van der Waals surface area contributed by atoms with Crippen LogP contribution in [0.4, 0.5) is 15.8 Å². The third kappa shape index (κ3) is 3.08. The zero-order valence-corrected chi connectivity index (χ0v) is 11.4. The van der Waals surface area contributed by atoms with Gasteiger partial charge in [-0.2, -0.15) is 0 Å². The first-order valence-corrected chi connectivity index (χ1v) is 6.97. The normalized spacial score (nSPS) is 18.6. The molecule has 1 aliphatic rings. The Morgan fingerprint density at radius 2 is 2.00 bits per heavy atom. The molecular weight excluding hydrogens is 251 g/mol. The average Bonchev–Trinajstić information content (AvgIpc) is 2.37. The maximum Gasteiger partial charge on any atom is 0.143 e. The number of nitrogens with one attached hydrogen (secondary N) is 1. The van der Waals surface area contributed by atoms with E-state index in [0.29, 0.717) is 23.3 Å². The van der Waals surface area contributed by atoms with E-state index in [1.165, 1.54) is 44.2 Å². The van der Waals surface area contributed by atoms with E-state index in [1.807, 2.05) is 0 Å². The van der Waals surface area contributed by atoms with Crippen LogP contribution in [0.3, 0.4) is 0 Å². The summed E-state index contributed by atoms with van der Waals surface area (Å²) in [5.74, 6) is 0.223. The molecule has 18 heavy (non-hydrogen) atoms. The quantitative estimate of drug-likeness (QED) is 0.797. The van der Waals surface area contributed by atoms with Crippen molar-refractivity contribution in [3.63, 3.8) is 0 Å². The molecule has 2 rings (SSSR count). The minimum absolute atomic E-state index is 0.0726. The highest BCUT2D eigenvalue weighted by molar-refractivity contribution is 6.31. The molecule has 0 heterocycles. The Hall–Kier alpha value is -0.960. The fraction of sp³-hybridized carbons (Fsp3) is 0.571. The average molecular weight is 271 g/mol. The topological polar surface area (TPSA) is 38.0 Å². The SMILES string of the molecule is CC(Nc1cc(F)c(Cl)cc1N)C1CCCCC1. The zero-order chi connectivity index (χ0) is 13.1. The fourth-order valence-corrected chi connectivity index (χ4v) is 2.86. The van der Waals surface area contributed by atoms with Crippen LogP contribution in [0.1, 0.15) is 39.0 Å². The molecule has 1 aromatic rings. The summed E-state index contributed by atoms with van der Waals surface area (Å²) in [4.78, 5) is 0. The lowest BCUT2D eigenvalue weighted by atomic mass is 9.84. The molecule has 0 radical (unpaired) electrons. The van der Waals surface area contributed by atoms with Crippen LogP contribution in [0.2, 0.25) is 5.02 Å². The lowest BCUT2D eigenvalue weighted by Gasteiger charge is -2.29. The molecule has 4 heteroatoms. The summed E-state index contributed by atoms with van der Waals surface area (Å²) in [6, 6.07) is 3.16. The second kappa shape index (κ2) is 5.79. The van der Waals surface area contributed by atoms with Crippen molar-refractivity contribution < 1.29 is 4.39 Å². The van der Waals surface area contributed by atoms with Gasteiger partial charge in [0.05, 0.1) is 16.4 Å². The van der Waals surface area contributed by atoms with E-state index in [1.54, 1.807) is 0 Å². The minimum Gasteiger partial charge on any atom is -0.397 e. The van der Waals surface area contributed by atoms with Crippen molar-refractivity contribution in [1.82, 2.24) is 0 Å². The van der Waals surface area contributed by atoms with Crippen molar-refractivity contribution in [2.24, 2.45) is 5.92 Å². The highest BCUT2D eigenvalue weighted by Gasteiger charge is 2.20. The first-order valence-electron chi connectivity index (χ1n) is 6.59. The number of rotatable bonds is 3. The second-order valence-electron chi connectivity index (χ2n) is 5.18. The number of nitrogens with two attached hydrogens (primary N) is 1. The van der Waals surface area contributed by atoms with Gasteiger partial charge in [0.2, 0.25) is 0 Å². The maximum atomic E-state index is 13.4. The summed E-state index contributed by atoms with van der Waals surface area (Å²) < 4.78 is 13.4. The number of hydrogen-bond donors (Lipinski definition) is 2. The van der Waals surface area contributed by atoms with Gasteiger partial charge in [-0.1, -0.05) is 30.9 Å². The van der Waals surface area contributed by atoms with E-state index >= 15 is 0 Å². The smallest absolute Gasteiger partial charge is 0.143 e. The van der Waals surface area contributed by atoms with Crippen molar-refractivity contribution in [2.45, 2.75) is 45.1 Å². The zero-order valence-electron chi connectivity index (χ0n) is 10.7. The molecule has 1 saturated carbocycles. The van der Waals surface area contributed by atoms with E-state index in [0.717, 1.165) is 0 Å². The summed E-state index contributed by atoms with van der Waals surface area (Å²) in [5.41, 5.74) is 7.01. The summed E-state index contributed by atoms with van der Waals surface area (Å²) in [6.07, 6.45) is 6.40. The van der Waals surface area contributed by atoms with Gasteiger partial charge in [0.1, 0.15) is 5.82 Å². The van der Waals surface area contributed by atoms with Crippen molar-refractivity contribution in [2.75, 3.05) is 11.1 Å². The van der Waals surface area contributed by atoms with Crippen molar-refractivity contribution in [3.8, 4) is 0 Å². The highest BCUT2D eigenvalue weighted by Crippen LogP contribution is 2.31. The predicted molar refractivity (Wildman–Crippen MR) is 75.5 cm³/mol. The van der Waals surface area contributed by atoms with Crippen LogP contribution in [0.5, 0.6) is 0 Å². The Labute approximate surface area is 113 Å². The van der Waals surface area contributed by atoms with Gasteiger partial charge in [0.25, 0.3) is 0 Å². The van der Waals surface area contributed by atoms with Gasteiger partial charge >= 0.3 is 0 Å². The Balaban J connectivity index is 2.06. The van der Waals surface area contributed by atoms with Crippen LogP contribution in [-0.2, 0) is 0 Å². The molecule has 3 N–H and O–H groups in total. The monoisotopic (exact) mass is 270 g/mol. The number of nitrogen functional groups attached to an aromatic ring is 1. The van der Waals surface area contributed by atoms with E-state index in [9.17, 15) is 4.39 Å². The van der Waals surface area contributed by atoms with Gasteiger partial charge in [-0.15, -0.1) is 0 Å². The molecule has 0 bridgehead atoms. The molecule has 1 aliphatic carbocycles. The van der Waals surface area contributed by atoms with Gasteiger partial charge in [-0.25, -0.2) is 4.39 Å². The number of benzene rings is 1. The summed E-state index contributed by atoms with van der Waals surface area (Å²) in [6.45, 7) is 2.14. The van der Waals surface area contributed by atoms with Crippen molar-refractivity contribution >= 4 is 23.0 Å². The molecule has 1 fully saturated rings. The fourth-order valence-electron chi connectivity index (χ4n) is 2.68. The van der Waals surface area contributed by atoms with Crippen LogP contribution < -0.4 is 11.1 Å². The van der Waals surface area contributed by atoms with E-state index in [2.05, 4.69) is 12.2 Å². The molecule has 0 saturated heterocycles. The first-order chi connectivity index (χ1) is 8.58. The van der Waals surface area contributed by atoms with Gasteiger partial charge < -0.3 is 11.1 Å². The first kappa shape index (κ1) is 13.5. The molecule has 0 amide bonds. The number of halogens is 2. The summed E-state index contributed by atoms with van der Waals surface area (Å²) in [5, 5.41) is 3.40. The molecule has 0 aromatic heterocycles. The number of hydrogen-bond acceptors (Lipinski definition) is 2. The van der Waals surface area contributed by atoms with Crippen LogP contribution in [0.25, 0.3) is 0 Å². The standard InChI is InChI=1S/C14H20ClFN2/c1-9(10-5-3-2-4-6-10)18-14-8-12(16)11(15)7-13(14)17/h7-10,18H,2-6,17H2,1H3. The third-order valence-electron chi connectivity index (χ3n) is 3.83. The molecule has 1 atom stereocenters. The Bertz CT molecular complexity index is 417. The molecule has 100 valence electrons. The maximum absolute atomic E-state index is 13.4. The molecule has 1 aromatic carbocycles.